The first-order chi connectivity index (χ1) is 9.29. The van der Waals surface area contributed by atoms with Crippen LogP contribution in [0.15, 0.2) is 12.2 Å². The van der Waals surface area contributed by atoms with Gasteiger partial charge in [0, 0.05) is 12.0 Å². The van der Waals surface area contributed by atoms with E-state index in [2.05, 4.69) is 13.5 Å². The second kappa shape index (κ2) is 9.94. The molecule has 0 heterocycles. The largest absolute Gasteiger partial charge is 0.440 e. The molecule has 0 saturated heterocycles. The van der Waals surface area contributed by atoms with E-state index in [0.29, 0.717) is 6.42 Å². The van der Waals surface area contributed by atoms with Crippen LogP contribution in [0.2, 0.25) is 0 Å². The fourth-order valence-corrected chi connectivity index (χ4v) is 2.43. The van der Waals surface area contributed by atoms with Crippen LogP contribution in [0.4, 0.5) is 0 Å². The number of esters is 1. The summed E-state index contributed by atoms with van der Waals surface area (Å²) in [6, 6.07) is 0. The molecule has 20 heavy (non-hydrogen) atoms. The van der Waals surface area contributed by atoms with Crippen molar-refractivity contribution in [3.05, 3.63) is 12.2 Å². The minimum atomic E-state index is -4.38. The summed E-state index contributed by atoms with van der Waals surface area (Å²) in [5.74, 6) is -0.796. The Hall–Kier alpha value is -0.880. The van der Waals surface area contributed by atoms with Gasteiger partial charge in [-0.15, -0.1) is 0 Å². The highest BCUT2D eigenvalue weighted by molar-refractivity contribution is 7.86. The molecule has 0 aliphatic heterocycles. The van der Waals surface area contributed by atoms with Crippen molar-refractivity contribution in [1.82, 2.24) is 0 Å². The van der Waals surface area contributed by atoms with Crippen LogP contribution in [0, 0.1) is 0 Å². The summed E-state index contributed by atoms with van der Waals surface area (Å²) in [7, 11) is -4.38. The highest BCUT2D eigenvalue weighted by atomic mass is 32.2. The molecule has 0 radical (unpaired) electrons. The Labute approximate surface area is 122 Å². The van der Waals surface area contributed by atoms with Crippen molar-refractivity contribution in [2.24, 2.45) is 0 Å². The van der Waals surface area contributed by atoms with Crippen molar-refractivity contribution in [1.29, 1.82) is 0 Å². The molecule has 0 aromatic rings. The van der Waals surface area contributed by atoms with Gasteiger partial charge in [-0.3, -0.25) is 4.55 Å². The number of unbranched alkanes of at least 4 members (excludes halogenated alkanes) is 6. The summed E-state index contributed by atoms with van der Waals surface area (Å²) >= 11 is 0. The quantitative estimate of drug-likeness (QED) is 0.274. The van der Waals surface area contributed by atoms with Gasteiger partial charge >= 0.3 is 16.1 Å². The number of hydrogen-bond donors (Lipinski definition) is 1. The SMILES string of the molecule is C=C(C)C(=O)OC(CCCCCCCCC)S(=O)(=O)O. The van der Waals surface area contributed by atoms with Crippen molar-refractivity contribution in [3.8, 4) is 0 Å². The predicted molar refractivity (Wildman–Crippen MR) is 78.9 cm³/mol. The Balaban J connectivity index is 4.08. The van der Waals surface area contributed by atoms with Crippen LogP contribution < -0.4 is 0 Å². The van der Waals surface area contributed by atoms with Crippen molar-refractivity contribution >= 4 is 16.1 Å². The summed E-state index contributed by atoms with van der Waals surface area (Å²) in [6.07, 6.45) is 7.29. The summed E-state index contributed by atoms with van der Waals surface area (Å²) < 4.78 is 36.1. The van der Waals surface area contributed by atoms with Crippen molar-refractivity contribution in [2.75, 3.05) is 0 Å². The van der Waals surface area contributed by atoms with Gasteiger partial charge in [-0.25, -0.2) is 4.79 Å². The van der Waals surface area contributed by atoms with E-state index in [1.165, 1.54) is 26.2 Å². The topological polar surface area (TPSA) is 80.7 Å². The van der Waals surface area contributed by atoms with Gasteiger partial charge in [0.15, 0.2) is 0 Å². The minimum absolute atomic E-state index is 0.109. The van der Waals surface area contributed by atoms with Gasteiger partial charge in [0.05, 0.1) is 0 Å². The molecule has 0 aliphatic rings. The highest BCUT2D eigenvalue weighted by Crippen LogP contribution is 2.15. The average molecular weight is 306 g/mol. The zero-order valence-electron chi connectivity index (χ0n) is 12.4. The minimum Gasteiger partial charge on any atom is -0.440 e. The van der Waals surface area contributed by atoms with Gasteiger partial charge in [0.1, 0.15) is 0 Å². The lowest BCUT2D eigenvalue weighted by Gasteiger charge is -2.14. The molecule has 0 spiro atoms. The summed E-state index contributed by atoms with van der Waals surface area (Å²) in [6.45, 7) is 6.95. The zero-order chi connectivity index (χ0) is 15.6. The molecule has 118 valence electrons. The molecule has 0 aromatic carbocycles. The van der Waals surface area contributed by atoms with E-state index >= 15 is 0 Å². The lowest BCUT2D eigenvalue weighted by Crippen LogP contribution is -2.27. The van der Waals surface area contributed by atoms with E-state index < -0.39 is 21.5 Å². The molecule has 0 rings (SSSR count). The lowest BCUT2D eigenvalue weighted by molar-refractivity contribution is -0.141. The molecule has 0 aromatic heterocycles. The number of hydrogen-bond acceptors (Lipinski definition) is 4. The molecule has 0 amide bonds. The molecule has 0 saturated carbocycles. The Morgan fingerprint density at radius 1 is 1.15 bits per heavy atom. The van der Waals surface area contributed by atoms with Crippen molar-refractivity contribution in [3.63, 3.8) is 0 Å². The fourth-order valence-electron chi connectivity index (χ4n) is 1.76. The number of rotatable bonds is 11. The summed E-state index contributed by atoms with van der Waals surface area (Å²) in [4.78, 5) is 11.3. The Morgan fingerprint density at radius 3 is 2.10 bits per heavy atom. The predicted octanol–water partition coefficient (Wildman–Crippen LogP) is 3.46. The molecule has 1 atom stereocenters. The van der Waals surface area contributed by atoms with E-state index in [4.69, 9.17) is 9.29 Å². The molecule has 5 nitrogen and oxygen atoms in total. The van der Waals surface area contributed by atoms with E-state index in [1.807, 2.05) is 0 Å². The first kappa shape index (κ1) is 19.1. The number of ether oxygens (including phenoxy) is 1. The zero-order valence-corrected chi connectivity index (χ0v) is 13.2. The van der Waals surface area contributed by atoms with Crippen LogP contribution in [0.25, 0.3) is 0 Å². The number of carbonyl (C=O) groups excluding carboxylic acids is 1. The van der Waals surface area contributed by atoms with E-state index in [-0.39, 0.29) is 12.0 Å². The van der Waals surface area contributed by atoms with Crippen LogP contribution in [0.3, 0.4) is 0 Å². The first-order valence-corrected chi connectivity index (χ1v) is 8.62. The third kappa shape index (κ3) is 9.09. The summed E-state index contributed by atoms with van der Waals surface area (Å²) in [5, 5.41) is 0. The maximum absolute atomic E-state index is 11.3. The van der Waals surface area contributed by atoms with E-state index in [9.17, 15) is 13.2 Å². The van der Waals surface area contributed by atoms with Crippen LogP contribution >= 0.6 is 0 Å². The first-order valence-electron chi connectivity index (χ1n) is 7.11. The molecular formula is C14H26O5S. The van der Waals surface area contributed by atoms with Gasteiger partial charge in [-0.05, 0) is 13.3 Å². The smallest absolute Gasteiger partial charge is 0.334 e. The second-order valence-electron chi connectivity index (χ2n) is 5.04. The van der Waals surface area contributed by atoms with Crippen LogP contribution in [-0.4, -0.2) is 24.4 Å². The van der Waals surface area contributed by atoms with E-state index in [0.717, 1.165) is 19.3 Å². The average Bonchev–Trinajstić information content (AvgIpc) is 2.34. The van der Waals surface area contributed by atoms with Crippen molar-refractivity contribution in [2.45, 2.75) is 70.7 Å². The van der Waals surface area contributed by atoms with E-state index in [1.54, 1.807) is 0 Å². The third-order valence-electron chi connectivity index (χ3n) is 2.96. The summed E-state index contributed by atoms with van der Waals surface area (Å²) in [5.41, 5.74) is -1.37. The second-order valence-corrected chi connectivity index (χ2v) is 6.60. The monoisotopic (exact) mass is 306 g/mol. The Kier molecular flexibility index (Phi) is 9.50. The standard InChI is InChI=1S/C14H26O5S/c1-4-5-6-7-8-9-10-11-13(20(16,17)18)19-14(15)12(2)3/h13H,2,4-11H2,1,3H3,(H,16,17,18). The molecule has 0 bridgehead atoms. The van der Waals surface area contributed by atoms with Gasteiger partial charge in [0.25, 0.3) is 0 Å². The molecule has 1 unspecified atom stereocenters. The van der Waals surface area contributed by atoms with Gasteiger partial charge in [0.2, 0.25) is 5.44 Å². The van der Waals surface area contributed by atoms with Crippen LogP contribution in [0.1, 0.15) is 65.2 Å². The molecule has 0 aliphatic carbocycles. The Bertz CT molecular complexity index is 400. The highest BCUT2D eigenvalue weighted by Gasteiger charge is 2.26. The molecule has 0 fully saturated rings. The lowest BCUT2D eigenvalue weighted by atomic mass is 10.1. The third-order valence-corrected chi connectivity index (χ3v) is 3.96. The molecule has 6 heteroatoms. The number of carbonyl (C=O) groups is 1. The van der Waals surface area contributed by atoms with Crippen LogP contribution in [-0.2, 0) is 19.6 Å². The van der Waals surface area contributed by atoms with Crippen LogP contribution in [0.5, 0.6) is 0 Å². The fraction of sp³-hybridized carbons (Fsp3) is 0.786. The maximum Gasteiger partial charge on any atom is 0.334 e. The maximum atomic E-state index is 11.3. The van der Waals surface area contributed by atoms with Gasteiger partial charge in [-0.2, -0.15) is 8.42 Å². The molecular weight excluding hydrogens is 280 g/mol. The van der Waals surface area contributed by atoms with Gasteiger partial charge < -0.3 is 4.74 Å². The normalized spacial score (nSPS) is 12.9. The van der Waals surface area contributed by atoms with Crippen molar-refractivity contribution < 1.29 is 22.5 Å². The van der Waals surface area contributed by atoms with Gasteiger partial charge in [-0.1, -0.05) is 52.0 Å². The molecule has 1 N–H and O–H groups in total. The Morgan fingerprint density at radius 2 is 1.65 bits per heavy atom.